The predicted molar refractivity (Wildman–Crippen MR) is 142 cm³/mol. The van der Waals surface area contributed by atoms with Gasteiger partial charge in [-0.25, -0.2) is 19.6 Å². The monoisotopic (exact) mass is 612 g/mol. The van der Waals surface area contributed by atoms with E-state index in [1.54, 1.807) is 32.9 Å². The molecule has 0 spiro atoms. The Labute approximate surface area is 230 Å². The second-order valence-electron chi connectivity index (χ2n) is 10.1. The van der Waals surface area contributed by atoms with Crippen LogP contribution < -0.4 is 16.0 Å². The van der Waals surface area contributed by atoms with Crippen LogP contribution in [0.5, 0.6) is 0 Å². The molecule has 4 N–H and O–H groups in total. The molecule has 0 saturated heterocycles. The number of halogens is 4. The molecule has 1 aromatic carbocycles. The molecule has 0 aliphatic heterocycles. The molecule has 1 fully saturated rings. The number of carbonyl (C=O) groups excluding carboxylic acids is 2. The quantitative estimate of drug-likeness (QED) is 0.261. The number of fused-ring (bicyclic) bond motifs is 1. The van der Waals surface area contributed by atoms with Crippen molar-refractivity contribution in [1.29, 1.82) is 0 Å². The Balaban J connectivity index is 1.66. The van der Waals surface area contributed by atoms with E-state index in [2.05, 4.69) is 51.6 Å². The van der Waals surface area contributed by atoms with Crippen molar-refractivity contribution in [1.82, 2.24) is 20.3 Å². The molecule has 1 saturated carbocycles. The topological polar surface area (TPSA) is 130 Å². The number of hydrogen-bond donors (Lipinski definition) is 4. The number of carbonyl (C=O) groups is 2. The van der Waals surface area contributed by atoms with Gasteiger partial charge in [-0.2, -0.15) is 13.2 Å². The fraction of sp³-hybridized carbons (Fsp3) is 0.440. The highest BCUT2D eigenvalue weighted by Gasteiger charge is 2.37. The van der Waals surface area contributed by atoms with Crippen molar-refractivity contribution in [3.8, 4) is 11.3 Å². The summed E-state index contributed by atoms with van der Waals surface area (Å²) in [5, 5.41) is 8.90. The van der Waals surface area contributed by atoms with E-state index in [1.165, 1.54) is 13.3 Å². The Hall–Kier alpha value is -3.55. The normalized spacial score (nSPS) is 17.6. The number of benzene rings is 1. The maximum absolute atomic E-state index is 14.0. The summed E-state index contributed by atoms with van der Waals surface area (Å²) in [7, 11) is 1.22. The second kappa shape index (κ2) is 10.9. The van der Waals surface area contributed by atoms with Crippen molar-refractivity contribution in [2.24, 2.45) is 0 Å². The van der Waals surface area contributed by atoms with E-state index in [0.29, 0.717) is 33.9 Å². The Morgan fingerprint density at radius 1 is 1.13 bits per heavy atom. The highest BCUT2D eigenvalue weighted by molar-refractivity contribution is 9.10. The summed E-state index contributed by atoms with van der Waals surface area (Å²) in [6.45, 7) is 5.27. The van der Waals surface area contributed by atoms with Crippen LogP contribution in [0.2, 0.25) is 0 Å². The molecule has 39 heavy (non-hydrogen) atoms. The van der Waals surface area contributed by atoms with Gasteiger partial charge in [0, 0.05) is 29.4 Å². The summed E-state index contributed by atoms with van der Waals surface area (Å²) in [5.41, 5.74) is -0.964. The van der Waals surface area contributed by atoms with Gasteiger partial charge in [0.25, 0.3) is 0 Å². The van der Waals surface area contributed by atoms with Gasteiger partial charge < -0.3 is 25.1 Å². The number of H-pyrrole nitrogens is 1. The van der Waals surface area contributed by atoms with Crippen LogP contribution in [0.1, 0.15) is 45.6 Å². The average molecular weight is 613 g/mol. The number of rotatable bonds is 5. The third-order valence-corrected chi connectivity index (χ3v) is 6.92. The highest BCUT2D eigenvalue weighted by Crippen LogP contribution is 2.41. The highest BCUT2D eigenvalue weighted by atomic mass is 79.9. The molecule has 3 aromatic rings. The molecule has 1 aliphatic carbocycles. The summed E-state index contributed by atoms with van der Waals surface area (Å²) >= 11 is 3.39. The number of alkyl halides is 3. The molecule has 210 valence electrons. The van der Waals surface area contributed by atoms with Gasteiger partial charge in [0.1, 0.15) is 11.2 Å². The van der Waals surface area contributed by atoms with Crippen molar-refractivity contribution < 1.29 is 32.2 Å². The Morgan fingerprint density at radius 3 is 2.51 bits per heavy atom. The van der Waals surface area contributed by atoms with Gasteiger partial charge in [0.2, 0.25) is 5.95 Å². The molecular weight excluding hydrogens is 585 g/mol. The molecule has 14 heteroatoms. The SMILES string of the molecule is COC(=O)Nc1ccc2c(-c3nc(N[C@@H]4CCC[C@H]4NC(=O)OC(C)(C)C)ncc3C(F)(F)F)c[nH]c2c1Br. The van der Waals surface area contributed by atoms with E-state index >= 15 is 0 Å². The van der Waals surface area contributed by atoms with Crippen LogP contribution in [0.3, 0.4) is 0 Å². The summed E-state index contributed by atoms with van der Waals surface area (Å²) < 4.78 is 52.4. The summed E-state index contributed by atoms with van der Waals surface area (Å²) in [6.07, 6.45) is -1.68. The van der Waals surface area contributed by atoms with Crippen LogP contribution in [-0.2, 0) is 15.7 Å². The average Bonchev–Trinajstić information content (AvgIpc) is 3.46. The van der Waals surface area contributed by atoms with Crippen molar-refractivity contribution in [3.05, 3.63) is 34.6 Å². The van der Waals surface area contributed by atoms with Crippen LogP contribution in [0, 0.1) is 0 Å². The number of amides is 2. The van der Waals surface area contributed by atoms with Crippen molar-refractivity contribution in [2.75, 3.05) is 17.7 Å². The predicted octanol–water partition coefficient (Wildman–Crippen LogP) is 6.44. The van der Waals surface area contributed by atoms with E-state index in [4.69, 9.17) is 4.74 Å². The third kappa shape index (κ3) is 6.54. The Morgan fingerprint density at radius 2 is 1.85 bits per heavy atom. The number of nitrogens with one attached hydrogen (secondary N) is 4. The van der Waals surface area contributed by atoms with E-state index in [0.717, 1.165) is 12.6 Å². The minimum atomic E-state index is -4.71. The number of hydrogen-bond acceptors (Lipinski definition) is 7. The van der Waals surface area contributed by atoms with Gasteiger partial charge in [-0.1, -0.05) is 6.07 Å². The first-order valence-electron chi connectivity index (χ1n) is 12.1. The molecule has 1 aliphatic rings. The molecule has 10 nitrogen and oxygen atoms in total. The largest absolute Gasteiger partial charge is 0.453 e. The molecule has 2 heterocycles. The lowest BCUT2D eigenvalue weighted by Gasteiger charge is -2.25. The molecular formula is C25H28BrF3N6O4. The van der Waals surface area contributed by atoms with Crippen LogP contribution in [0.4, 0.5) is 34.4 Å². The van der Waals surface area contributed by atoms with E-state index in [-0.39, 0.29) is 29.3 Å². The van der Waals surface area contributed by atoms with Gasteiger partial charge in [0.05, 0.1) is 34.5 Å². The van der Waals surface area contributed by atoms with Crippen LogP contribution >= 0.6 is 15.9 Å². The van der Waals surface area contributed by atoms with Crippen LogP contribution in [-0.4, -0.2) is 51.9 Å². The van der Waals surface area contributed by atoms with Gasteiger partial charge in [-0.05, 0) is 62.0 Å². The van der Waals surface area contributed by atoms with Gasteiger partial charge in [-0.3, -0.25) is 5.32 Å². The summed E-state index contributed by atoms with van der Waals surface area (Å²) in [5.74, 6) is -0.00159. The number of methoxy groups -OCH3 is 1. The first-order chi connectivity index (χ1) is 18.3. The smallest absolute Gasteiger partial charge is 0.419 e. The second-order valence-corrected chi connectivity index (χ2v) is 10.8. The first-order valence-corrected chi connectivity index (χ1v) is 12.9. The lowest BCUT2D eigenvalue weighted by Crippen LogP contribution is -2.45. The fourth-order valence-electron chi connectivity index (χ4n) is 4.41. The third-order valence-electron chi connectivity index (χ3n) is 6.10. The fourth-order valence-corrected chi connectivity index (χ4v) is 4.97. The lowest BCUT2D eigenvalue weighted by atomic mass is 10.1. The van der Waals surface area contributed by atoms with E-state index in [1.807, 2.05) is 0 Å². The lowest BCUT2D eigenvalue weighted by molar-refractivity contribution is -0.137. The molecule has 4 rings (SSSR count). The van der Waals surface area contributed by atoms with Gasteiger partial charge in [0.15, 0.2) is 0 Å². The van der Waals surface area contributed by atoms with Crippen LogP contribution in [0.15, 0.2) is 29.0 Å². The van der Waals surface area contributed by atoms with Gasteiger partial charge in [-0.15, -0.1) is 0 Å². The molecule has 2 atom stereocenters. The Bertz CT molecular complexity index is 1390. The number of aromatic nitrogens is 3. The van der Waals surface area contributed by atoms with Crippen LogP contribution in [0.25, 0.3) is 22.2 Å². The molecule has 0 unspecified atom stereocenters. The molecule has 0 radical (unpaired) electrons. The summed E-state index contributed by atoms with van der Waals surface area (Å²) in [4.78, 5) is 35.1. The first kappa shape index (κ1) is 28.5. The Kier molecular flexibility index (Phi) is 7.96. The maximum Gasteiger partial charge on any atom is 0.419 e. The zero-order valence-corrected chi connectivity index (χ0v) is 23.2. The molecule has 2 amide bonds. The standard InChI is InChI=1S/C25H28BrF3N6O4/c1-24(2,3)39-23(37)33-16-7-5-6-15(16)32-21-31-11-14(25(27,28)29)19(35-21)13-10-30-20-12(13)8-9-17(18(20)26)34-22(36)38-4/h8-11,15-16,30H,5-7H2,1-4H3,(H,33,37)(H,34,36)(H,31,32,35)/t15-,16-/m1/s1. The van der Waals surface area contributed by atoms with Crippen molar-refractivity contribution >= 4 is 50.7 Å². The minimum Gasteiger partial charge on any atom is -0.453 e. The number of nitrogens with zero attached hydrogens (tertiary/aromatic N) is 2. The van der Waals surface area contributed by atoms with E-state index in [9.17, 15) is 22.8 Å². The number of alkyl carbamates (subject to hydrolysis) is 1. The molecule has 2 aromatic heterocycles. The van der Waals surface area contributed by atoms with Crippen molar-refractivity contribution in [2.45, 2.75) is 63.9 Å². The zero-order chi connectivity index (χ0) is 28.5. The maximum atomic E-state index is 14.0. The number of aromatic amines is 1. The summed E-state index contributed by atoms with van der Waals surface area (Å²) in [6, 6.07) is 2.51. The van der Waals surface area contributed by atoms with E-state index < -0.39 is 29.5 Å². The zero-order valence-electron chi connectivity index (χ0n) is 21.6. The number of anilines is 2. The van der Waals surface area contributed by atoms with Gasteiger partial charge >= 0.3 is 18.4 Å². The number of ether oxygens (including phenoxy) is 2. The molecule has 0 bridgehead atoms. The minimum absolute atomic E-state index is 0.00159. The van der Waals surface area contributed by atoms with Crippen molar-refractivity contribution in [3.63, 3.8) is 0 Å².